The molecule has 0 saturated carbocycles. The zero-order valence-electron chi connectivity index (χ0n) is 18.3. The summed E-state index contributed by atoms with van der Waals surface area (Å²) in [4.78, 5) is 12.9. The Morgan fingerprint density at radius 1 is 0.875 bits per heavy atom. The standard InChI is InChI=1S/C25H27FN2O3S/c1-18(2)20-11-15-23(16-12-20)28(32(30,31)24-7-5-4-6-8-24)17-25(29)27-19(3)21-9-13-22(26)14-10-21/h4-16,18-19H,17H2,1-3H3,(H,27,29)/t19-/m0/s1. The Labute approximate surface area is 188 Å². The molecule has 0 bridgehead atoms. The lowest BCUT2D eigenvalue weighted by atomic mass is 10.0. The molecule has 1 amide bonds. The van der Waals surface area contributed by atoms with Crippen LogP contribution in [0.4, 0.5) is 10.1 Å². The number of nitrogens with one attached hydrogen (secondary N) is 1. The van der Waals surface area contributed by atoms with Gasteiger partial charge in [0.2, 0.25) is 5.91 Å². The summed E-state index contributed by atoms with van der Waals surface area (Å²) < 4.78 is 41.1. The lowest BCUT2D eigenvalue weighted by molar-refractivity contribution is -0.120. The monoisotopic (exact) mass is 454 g/mol. The summed E-state index contributed by atoms with van der Waals surface area (Å²) >= 11 is 0. The maximum absolute atomic E-state index is 13.4. The van der Waals surface area contributed by atoms with Gasteiger partial charge in [-0.1, -0.05) is 56.3 Å². The van der Waals surface area contributed by atoms with Crippen LogP contribution in [0.3, 0.4) is 0 Å². The summed E-state index contributed by atoms with van der Waals surface area (Å²) in [6.07, 6.45) is 0. The molecule has 0 fully saturated rings. The minimum absolute atomic E-state index is 0.104. The molecule has 3 aromatic carbocycles. The fraction of sp³-hybridized carbons (Fsp3) is 0.240. The average Bonchev–Trinajstić information content (AvgIpc) is 2.78. The number of hydrogen-bond donors (Lipinski definition) is 1. The van der Waals surface area contributed by atoms with Gasteiger partial charge in [-0.15, -0.1) is 0 Å². The van der Waals surface area contributed by atoms with Gasteiger partial charge in [0.15, 0.2) is 0 Å². The lowest BCUT2D eigenvalue weighted by Crippen LogP contribution is -2.41. The van der Waals surface area contributed by atoms with Gasteiger partial charge in [-0.25, -0.2) is 12.8 Å². The predicted octanol–water partition coefficient (Wildman–Crippen LogP) is 5.02. The maximum Gasteiger partial charge on any atom is 0.264 e. The maximum atomic E-state index is 13.4. The van der Waals surface area contributed by atoms with Crippen molar-refractivity contribution in [1.82, 2.24) is 5.32 Å². The van der Waals surface area contributed by atoms with Crippen LogP contribution in [0.25, 0.3) is 0 Å². The highest BCUT2D eigenvalue weighted by atomic mass is 32.2. The van der Waals surface area contributed by atoms with E-state index in [1.807, 2.05) is 12.1 Å². The second kappa shape index (κ2) is 9.96. The molecule has 168 valence electrons. The minimum atomic E-state index is -3.97. The first-order chi connectivity index (χ1) is 15.2. The molecular formula is C25H27FN2O3S. The van der Waals surface area contributed by atoms with Crippen LogP contribution in [-0.4, -0.2) is 20.9 Å². The normalized spacial score (nSPS) is 12.4. The van der Waals surface area contributed by atoms with E-state index in [-0.39, 0.29) is 17.3 Å². The Morgan fingerprint density at radius 3 is 2.00 bits per heavy atom. The van der Waals surface area contributed by atoms with E-state index in [4.69, 9.17) is 0 Å². The quantitative estimate of drug-likeness (QED) is 0.520. The molecule has 3 rings (SSSR count). The number of amides is 1. The number of nitrogens with zero attached hydrogens (tertiary/aromatic N) is 1. The van der Waals surface area contributed by atoms with Gasteiger partial charge in [-0.3, -0.25) is 9.10 Å². The zero-order chi connectivity index (χ0) is 23.3. The second-order valence-corrected chi connectivity index (χ2v) is 9.77. The fourth-order valence-corrected chi connectivity index (χ4v) is 4.75. The highest BCUT2D eigenvalue weighted by Gasteiger charge is 2.27. The smallest absolute Gasteiger partial charge is 0.264 e. The summed E-state index contributed by atoms with van der Waals surface area (Å²) in [5.74, 6) is -0.533. The minimum Gasteiger partial charge on any atom is -0.348 e. The third-order valence-corrected chi connectivity index (χ3v) is 7.00. The Balaban J connectivity index is 1.88. The Kier molecular flexibility index (Phi) is 7.30. The van der Waals surface area contributed by atoms with Crippen molar-refractivity contribution in [2.75, 3.05) is 10.8 Å². The molecule has 3 aromatic rings. The first-order valence-corrected chi connectivity index (χ1v) is 11.8. The Bertz CT molecular complexity index is 1150. The summed E-state index contributed by atoms with van der Waals surface area (Å²) in [6, 6.07) is 20.6. The van der Waals surface area contributed by atoms with Crippen LogP contribution in [0.5, 0.6) is 0 Å². The highest BCUT2D eigenvalue weighted by molar-refractivity contribution is 7.92. The molecule has 1 N–H and O–H groups in total. The number of carbonyl (C=O) groups is 1. The molecule has 0 radical (unpaired) electrons. The molecule has 0 aromatic heterocycles. The number of benzene rings is 3. The van der Waals surface area contributed by atoms with E-state index in [1.165, 1.54) is 24.3 Å². The summed E-state index contributed by atoms with van der Waals surface area (Å²) in [5, 5.41) is 2.80. The van der Waals surface area contributed by atoms with Gasteiger partial charge in [-0.2, -0.15) is 0 Å². The zero-order valence-corrected chi connectivity index (χ0v) is 19.1. The van der Waals surface area contributed by atoms with Gasteiger partial charge >= 0.3 is 0 Å². The first-order valence-electron chi connectivity index (χ1n) is 10.4. The van der Waals surface area contributed by atoms with E-state index < -0.39 is 22.0 Å². The third kappa shape index (κ3) is 5.53. The number of anilines is 1. The summed E-state index contributed by atoms with van der Waals surface area (Å²) in [5.41, 5.74) is 2.20. The second-order valence-electron chi connectivity index (χ2n) is 7.91. The molecule has 32 heavy (non-hydrogen) atoms. The fourth-order valence-electron chi connectivity index (χ4n) is 3.31. The van der Waals surface area contributed by atoms with E-state index in [9.17, 15) is 17.6 Å². The van der Waals surface area contributed by atoms with E-state index in [0.717, 1.165) is 15.4 Å². The first kappa shape index (κ1) is 23.5. The number of hydrogen-bond acceptors (Lipinski definition) is 3. The van der Waals surface area contributed by atoms with Gasteiger partial charge in [0.25, 0.3) is 10.0 Å². The number of rotatable bonds is 8. The van der Waals surface area contributed by atoms with Gasteiger partial charge < -0.3 is 5.32 Å². The molecule has 0 spiro atoms. The molecule has 0 saturated heterocycles. The van der Waals surface area contributed by atoms with Crippen molar-refractivity contribution >= 4 is 21.6 Å². The molecule has 5 nitrogen and oxygen atoms in total. The van der Waals surface area contributed by atoms with Crippen LogP contribution < -0.4 is 9.62 Å². The molecular weight excluding hydrogens is 427 g/mol. The van der Waals surface area contributed by atoms with E-state index in [2.05, 4.69) is 19.2 Å². The van der Waals surface area contributed by atoms with Crippen LogP contribution >= 0.6 is 0 Å². The van der Waals surface area contributed by atoms with Crippen LogP contribution in [0.2, 0.25) is 0 Å². The SMILES string of the molecule is CC(C)c1ccc(N(CC(=O)N[C@@H](C)c2ccc(F)cc2)S(=O)(=O)c2ccccc2)cc1. The number of sulfonamides is 1. The molecule has 7 heteroatoms. The van der Waals surface area contributed by atoms with Gasteiger partial charge in [0.05, 0.1) is 16.6 Å². The number of halogens is 1. The molecule has 0 aliphatic heterocycles. The van der Waals surface area contributed by atoms with Crippen molar-refractivity contribution in [3.63, 3.8) is 0 Å². The molecule has 1 atom stereocenters. The van der Waals surface area contributed by atoms with Crippen molar-refractivity contribution in [3.05, 3.63) is 95.8 Å². The van der Waals surface area contributed by atoms with Crippen molar-refractivity contribution in [2.45, 2.75) is 37.6 Å². The van der Waals surface area contributed by atoms with Crippen molar-refractivity contribution in [3.8, 4) is 0 Å². The van der Waals surface area contributed by atoms with E-state index in [0.29, 0.717) is 11.6 Å². The van der Waals surface area contributed by atoms with Crippen molar-refractivity contribution in [1.29, 1.82) is 0 Å². The van der Waals surface area contributed by atoms with E-state index in [1.54, 1.807) is 49.4 Å². The van der Waals surface area contributed by atoms with E-state index >= 15 is 0 Å². The largest absolute Gasteiger partial charge is 0.348 e. The predicted molar refractivity (Wildman–Crippen MR) is 124 cm³/mol. The van der Waals surface area contributed by atoms with Gasteiger partial charge in [-0.05, 0) is 60.4 Å². The van der Waals surface area contributed by atoms with Crippen LogP contribution in [0.1, 0.15) is 43.9 Å². The molecule has 0 aliphatic rings. The molecule has 0 heterocycles. The Hall–Kier alpha value is -3.19. The third-order valence-electron chi connectivity index (χ3n) is 5.21. The molecule has 0 aliphatic carbocycles. The Morgan fingerprint density at radius 2 is 1.44 bits per heavy atom. The van der Waals surface area contributed by atoms with Crippen LogP contribution in [-0.2, 0) is 14.8 Å². The topological polar surface area (TPSA) is 66.5 Å². The number of carbonyl (C=O) groups excluding carboxylic acids is 1. The summed E-state index contributed by atoms with van der Waals surface area (Å²) in [7, 11) is -3.97. The highest BCUT2D eigenvalue weighted by Crippen LogP contribution is 2.26. The van der Waals surface area contributed by atoms with Gasteiger partial charge in [0.1, 0.15) is 12.4 Å². The molecule has 0 unspecified atom stereocenters. The van der Waals surface area contributed by atoms with Crippen LogP contribution in [0.15, 0.2) is 83.8 Å². The lowest BCUT2D eigenvalue weighted by Gasteiger charge is -2.25. The van der Waals surface area contributed by atoms with Crippen molar-refractivity contribution < 1.29 is 17.6 Å². The van der Waals surface area contributed by atoms with Gasteiger partial charge in [0, 0.05) is 0 Å². The average molecular weight is 455 g/mol. The summed E-state index contributed by atoms with van der Waals surface area (Å²) in [6.45, 7) is 5.48. The van der Waals surface area contributed by atoms with Crippen molar-refractivity contribution in [2.24, 2.45) is 0 Å². The van der Waals surface area contributed by atoms with Crippen LogP contribution in [0, 0.1) is 5.82 Å².